The molecule has 0 saturated heterocycles. The van der Waals surface area contributed by atoms with Crippen LogP contribution in [0.2, 0.25) is 0 Å². The van der Waals surface area contributed by atoms with Crippen LogP contribution >= 0.6 is 0 Å². The molecule has 0 bridgehead atoms. The van der Waals surface area contributed by atoms with Crippen molar-refractivity contribution in [3.8, 4) is 0 Å². The first-order valence-corrected chi connectivity index (χ1v) is 8.54. The van der Waals surface area contributed by atoms with Crippen LogP contribution in [0.1, 0.15) is 37.1 Å². The minimum absolute atomic E-state index is 0.0412. The lowest BCUT2D eigenvalue weighted by atomic mass is 9.94. The van der Waals surface area contributed by atoms with E-state index in [1.807, 2.05) is 25.1 Å². The number of pyridine rings is 1. The smallest absolute Gasteiger partial charge is 0.328 e. The number of aliphatic hydroxyl groups excluding tert-OH is 1. The molecule has 1 aliphatic rings. The summed E-state index contributed by atoms with van der Waals surface area (Å²) in [4.78, 5) is 14.8. The van der Waals surface area contributed by atoms with Gasteiger partial charge in [0.1, 0.15) is 0 Å². The fourth-order valence-corrected chi connectivity index (χ4v) is 2.38. The molecule has 1 saturated carbocycles. The quantitative estimate of drug-likeness (QED) is 0.460. The van der Waals surface area contributed by atoms with Gasteiger partial charge in [0.2, 0.25) is 0 Å². The highest BCUT2D eigenvalue weighted by molar-refractivity contribution is 5.81. The van der Waals surface area contributed by atoms with Crippen LogP contribution in [0.25, 0.3) is 5.57 Å². The number of rotatable bonds is 5. The van der Waals surface area contributed by atoms with Crippen LogP contribution in [0, 0.1) is 6.92 Å². The Hall–Kier alpha value is -2.72. The highest BCUT2D eigenvalue weighted by Gasteiger charge is 2.10. The van der Waals surface area contributed by atoms with Crippen molar-refractivity contribution in [1.29, 1.82) is 0 Å². The third kappa shape index (κ3) is 8.40. The Morgan fingerprint density at radius 2 is 1.92 bits per heavy atom. The highest BCUT2D eigenvalue weighted by atomic mass is 16.4. The summed E-state index contributed by atoms with van der Waals surface area (Å²) in [5, 5.41) is 17.5. The van der Waals surface area contributed by atoms with Gasteiger partial charge in [0.05, 0.1) is 11.8 Å². The number of aryl methyl sites for hydroxylation is 1. The van der Waals surface area contributed by atoms with E-state index in [9.17, 15) is 4.79 Å². The Balaban J connectivity index is 0.000000350. The zero-order valence-electron chi connectivity index (χ0n) is 15.3. The molecule has 4 nitrogen and oxygen atoms in total. The van der Waals surface area contributed by atoms with Crippen molar-refractivity contribution in [2.75, 3.05) is 0 Å². The van der Waals surface area contributed by atoms with E-state index in [-0.39, 0.29) is 6.10 Å². The number of carboxylic acid groups (broad SMARTS) is 1. The normalized spacial score (nSPS) is 15.3. The predicted molar refractivity (Wildman–Crippen MR) is 107 cm³/mol. The van der Waals surface area contributed by atoms with Crippen molar-refractivity contribution >= 4 is 11.5 Å². The molecule has 4 heteroatoms. The molecule has 0 aliphatic heterocycles. The Morgan fingerprint density at radius 3 is 2.42 bits per heavy atom. The minimum atomic E-state index is -1.00. The number of nitrogens with zero attached hydrogens (tertiary/aromatic N) is 1. The molecule has 0 spiro atoms. The maximum absolute atomic E-state index is 10.4. The van der Waals surface area contributed by atoms with Crippen LogP contribution in [-0.2, 0) is 4.79 Å². The van der Waals surface area contributed by atoms with Gasteiger partial charge in [-0.15, -0.1) is 0 Å². The van der Waals surface area contributed by atoms with Crippen molar-refractivity contribution in [1.82, 2.24) is 4.98 Å². The lowest BCUT2D eigenvalue weighted by molar-refractivity contribution is -0.131. The molecule has 1 aromatic rings. The predicted octanol–water partition coefficient (Wildman–Crippen LogP) is 4.63. The summed E-state index contributed by atoms with van der Waals surface area (Å²) >= 11 is 0. The number of aliphatic carboxylic acids is 1. The maximum Gasteiger partial charge on any atom is 0.328 e. The van der Waals surface area contributed by atoms with Gasteiger partial charge in [-0.2, -0.15) is 0 Å². The Kier molecular flexibility index (Phi) is 9.02. The van der Waals surface area contributed by atoms with E-state index in [1.165, 1.54) is 11.6 Å². The van der Waals surface area contributed by atoms with Gasteiger partial charge in [-0.1, -0.05) is 37.5 Å². The number of carboxylic acids is 1. The lowest BCUT2D eigenvalue weighted by Gasteiger charge is -2.17. The zero-order valence-corrected chi connectivity index (χ0v) is 15.3. The van der Waals surface area contributed by atoms with E-state index in [2.05, 4.69) is 24.7 Å². The summed E-state index contributed by atoms with van der Waals surface area (Å²) < 4.78 is 0. The first kappa shape index (κ1) is 21.3. The molecule has 1 fully saturated rings. The van der Waals surface area contributed by atoms with Gasteiger partial charge in [0.15, 0.2) is 0 Å². The first-order valence-electron chi connectivity index (χ1n) is 8.54. The zero-order chi connectivity index (χ0) is 19.5. The number of aromatic nitrogens is 1. The molecule has 2 N–H and O–H groups in total. The fraction of sp³-hybridized carbons (Fsp3) is 0.273. The van der Waals surface area contributed by atoms with Crippen molar-refractivity contribution in [2.24, 2.45) is 0 Å². The molecule has 138 valence electrons. The number of carbonyl (C=O) groups is 1. The summed E-state index contributed by atoms with van der Waals surface area (Å²) in [6, 6.07) is 5.68. The maximum atomic E-state index is 10.4. The highest BCUT2D eigenvalue weighted by Crippen LogP contribution is 2.21. The Bertz CT molecular complexity index is 719. The van der Waals surface area contributed by atoms with Crippen LogP contribution in [0.3, 0.4) is 0 Å². The molecule has 0 unspecified atom stereocenters. The van der Waals surface area contributed by atoms with Gasteiger partial charge < -0.3 is 10.2 Å². The molecule has 2 rings (SSSR count). The number of hydrogen-bond donors (Lipinski definition) is 2. The van der Waals surface area contributed by atoms with E-state index >= 15 is 0 Å². The van der Waals surface area contributed by atoms with E-state index in [0.717, 1.165) is 48.7 Å². The van der Waals surface area contributed by atoms with E-state index in [4.69, 9.17) is 10.2 Å². The summed E-state index contributed by atoms with van der Waals surface area (Å²) in [6.45, 7) is 13.2. The average Bonchev–Trinajstić information content (AvgIpc) is 2.61. The third-order valence-electron chi connectivity index (χ3n) is 3.85. The van der Waals surface area contributed by atoms with Gasteiger partial charge >= 0.3 is 5.97 Å². The van der Waals surface area contributed by atoms with Crippen LogP contribution in [0.5, 0.6) is 0 Å². The first-order chi connectivity index (χ1) is 12.3. The molecule has 1 aliphatic carbocycles. The van der Waals surface area contributed by atoms with Crippen molar-refractivity contribution in [2.45, 2.75) is 38.7 Å². The lowest BCUT2D eigenvalue weighted by Crippen LogP contribution is -2.11. The van der Waals surface area contributed by atoms with Crippen molar-refractivity contribution in [3.63, 3.8) is 0 Å². The minimum Gasteiger partial charge on any atom is -0.478 e. The summed E-state index contributed by atoms with van der Waals surface area (Å²) in [5.41, 5.74) is 4.38. The molecule has 0 aromatic carbocycles. The molecule has 26 heavy (non-hydrogen) atoms. The van der Waals surface area contributed by atoms with E-state index < -0.39 is 5.97 Å². The van der Waals surface area contributed by atoms with Crippen LogP contribution in [-0.4, -0.2) is 27.3 Å². The molecule has 0 atom stereocenters. The van der Waals surface area contributed by atoms with Crippen LogP contribution in [0.4, 0.5) is 0 Å². The monoisotopic (exact) mass is 353 g/mol. The van der Waals surface area contributed by atoms with E-state index in [1.54, 1.807) is 12.2 Å². The van der Waals surface area contributed by atoms with Gasteiger partial charge in [-0.05, 0) is 62.5 Å². The van der Waals surface area contributed by atoms with Gasteiger partial charge in [-0.25, -0.2) is 4.79 Å². The summed E-state index contributed by atoms with van der Waals surface area (Å²) in [7, 11) is 0. The van der Waals surface area contributed by atoms with Gasteiger partial charge in [0, 0.05) is 17.3 Å². The second kappa shape index (κ2) is 11.0. The third-order valence-corrected chi connectivity index (χ3v) is 3.85. The molecular weight excluding hydrogens is 326 g/mol. The fourth-order valence-electron chi connectivity index (χ4n) is 2.38. The van der Waals surface area contributed by atoms with Crippen LogP contribution < -0.4 is 0 Å². The SMILES string of the molecule is C=C/C(=C\C(=C)/C=C/C(=O)O)c1cccc(C)n1.C=C1CCC(O)CC1. The average molecular weight is 353 g/mol. The summed E-state index contributed by atoms with van der Waals surface area (Å²) in [6.07, 6.45) is 9.76. The number of hydrogen-bond acceptors (Lipinski definition) is 3. The Labute approximate surface area is 155 Å². The van der Waals surface area contributed by atoms with Gasteiger partial charge in [-0.3, -0.25) is 4.98 Å². The van der Waals surface area contributed by atoms with Crippen molar-refractivity contribution in [3.05, 3.63) is 84.8 Å². The van der Waals surface area contributed by atoms with Crippen LogP contribution in [0.15, 0.2) is 73.4 Å². The second-order valence-electron chi connectivity index (χ2n) is 6.20. The molecule has 1 heterocycles. The number of allylic oxidation sites excluding steroid dienone is 6. The largest absolute Gasteiger partial charge is 0.478 e. The topological polar surface area (TPSA) is 70.4 Å². The van der Waals surface area contributed by atoms with E-state index in [0.29, 0.717) is 5.57 Å². The molecule has 0 radical (unpaired) electrons. The standard InChI is InChI=1S/C15H15NO2.C7H12O/c1-4-13(10-11(2)8-9-15(17)18)14-7-5-6-12(3)16-14;1-6-2-4-7(8)5-3-6/h4-10H,1-2H2,3H3,(H,17,18);7-8H,1-5H2/b9-8+,13-10+;. The Morgan fingerprint density at radius 1 is 1.27 bits per heavy atom. The van der Waals surface area contributed by atoms with Crippen molar-refractivity contribution < 1.29 is 15.0 Å². The van der Waals surface area contributed by atoms with Gasteiger partial charge in [0.25, 0.3) is 0 Å². The summed E-state index contributed by atoms with van der Waals surface area (Å²) in [5.74, 6) is -1.00. The molecular formula is C22H27NO3. The number of aliphatic hydroxyl groups is 1. The molecule has 0 amide bonds. The molecule has 1 aromatic heterocycles. The second-order valence-corrected chi connectivity index (χ2v) is 6.20.